The first-order valence-corrected chi connectivity index (χ1v) is 8.81. The predicted octanol–water partition coefficient (Wildman–Crippen LogP) is 1.61. The van der Waals surface area contributed by atoms with Gasteiger partial charge in [-0.05, 0) is 44.7 Å². The first-order valence-electron chi connectivity index (χ1n) is 8.81. The molecule has 1 aliphatic rings. The maximum Gasteiger partial charge on any atom is 0.409 e. The molecule has 138 valence electrons. The second-order valence-electron chi connectivity index (χ2n) is 6.34. The zero-order chi connectivity index (χ0) is 18.6. The van der Waals surface area contributed by atoms with Crippen molar-refractivity contribution in [3.05, 3.63) is 33.2 Å². The predicted molar refractivity (Wildman–Crippen MR) is 94.9 cm³/mol. The minimum atomic E-state index is -0.346. The van der Waals surface area contributed by atoms with Gasteiger partial charge in [0.25, 0.3) is 11.5 Å². The Morgan fingerprint density at radius 2 is 1.92 bits per heavy atom. The lowest BCUT2D eigenvalue weighted by Crippen LogP contribution is -2.47. The first kappa shape index (κ1) is 19.0. The van der Waals surface area contributed by atoms with Crippen LogP contribution in [0.1, 0.15) is 48.3 Å². The summed E-state index contributed by atoms with van der Waals surface area (Å²) in [4.78, 5) is 38.3. The van der Waals surface area contributed by atoms with Gasteiger partial charge in [-0.15, -0.1) is 0 Å². The molecule has 0 unspecified atom stereocenters. The van der Waals surface area contributed by atoms with Gasteiger partial charge >= 0.3 is 6.09 Å². The van der Waals surface area contributed by atoms with Crippen LogP contribution in [0.25, 0.3) is 0 Å². The van der Waals surface area contributed by atoms with Crippen molar-refractivity contribution in [1.82, 2.24) is 14.8 Å². The Kier molecular flexibility index (Phi) is 6.22. The Morgan fingerprint density at radius 1 is 1.28 bits per heavy atom. The zero-order valence-electron chi connectivity index (χ0n) is 15.4. The summed E-state index contributed by atoms with van der Waals surface area (Å²) in [5.74, 6) is -0.346. The van der Waals surface area contributed by atoms with Crippen LogP contribution in [-0.2, 0) is 18.2 Å². The number of nitrogens with zero attached hydrogens (tertiary/aromatic N) is 2. The summed E-state index contributed by atoms with van der Waals surface area (Å²) in [5.41, 5.74) is 1.77. The number of aromatic nitrogens is 1. The second kappa shape index (κ2) is 8.18. The average molecular weight is 349 g/mol. The second-order valence-corrected chi connectivity index (χ2v) is 6.34. The van der Waals surface area contributed by atoms with Gasteiger partial charge in [-0.3, -0.25) is 9.59 Å². The number of pyridine rings is 1. The molecule has 0 aromatic carbocycles. The normalized spacial score (nSPS) is 15.1. The number of hydrogen-bond acceptors (Lipinski definition) is 4. The Hall–Kier alpha value is -2.31. The van der Waals surface area contributed by atoms with Crippen LogP contribution in [0.15, 0.2) is 10.9 Å². The van der Waals surface area contributed by atoms with Crippen molar-refractivity contribution in [2.45, 2.75) is 46.1 Å². The van der Waals surface area contributed by atoms with Crippen LogP contribution in [-0.4, -0.2) is 47.2 Å². The van der Waals surface area contributed by atoms with Gasteiger partial charge in [0.05, 0.1) is 6.61 Å². The molecule has 0 bridgehead atoms. The number of likely N-dealkylation sites (tertiary alicyclic amines) is 1. The fraction of sp³-hybridized carbons (Fsp3) is 0.611. The Balaban J connectivity index is 2.02. The summed E-state index contributed by atoms with van der Waals surface area (Å²) in [5, 5.41) is 2.93. The molecule has 1 aliphatic heterocycles. The molecule has 1 saturated heterocycles. The third-order valence-corrected chi connectivity index (χ3v) is 4.69. The van der Waals surface area contributed by atoms with E-state index in [4.69, 9.17) is 4.74 Å². The molecule has 7 nitrogen and oxygen atoms in total. The maximum absolute atomic E-state index is 12.5. The molecule has 2 heterocycles. The molecule has 2 amide bonds. The van der Waals surface area contributed by atoms with Gasteiger partial charge in [0.15, 0.2) is 0 Å². The Bertz CT molecular complexity index is 703. The lowest BCUT2D eigenvalue weighted by molar-refractivity contribution is 0.0858. The molecular formula is C18H27N3O4. The first-order chi connectivity index (χ1) is 11.9. The van der Waals surface area contributed by atoms with E-state index in [9.17, 15) is 14.4 Å². The highest BCUT2D eigenvalue weighted by atomic mass is 16.6. The highest BCUT2D eigenvalue weighted by molar-refractivity contribution is 5.94. The summed E-state index contributed by atoms with van der Waals surface area (Å²) in [6.07, 6.45) is 1.73. The Labute approximate surface area is 148 Å². The molecule has 0 radical (unpaired) electrons. The molecule has 1 aromatic heterocycles. The zero-order valence-corrected chi connectivity index (χ0v) is 15.4. The number of carbonyl (C=O) groups excluding carboxylic acids is 2. The minimum Gasteiger partial charge on any atom is -0.450 e. The maximum atomic E-state index is 12.5. The van der Waals surface area contributed by atoms with Crippen LogP contribution in [0.2, 0.25) is 0 Å². The molecule has 0 spiro atoms. The number of ether oxygens (including phenoxy) is 1. The molecule has 1 fully saturated rings. The molecule has 25 heavy (non-hydrogen) atoms. The van der Waals surface area contributed by atoms with Crippen LogP contribution in [0.3, 0.4) is 0 Å². The third-order valence-electron chi connectivity index (χ3n) is 4.69. The minimum absolute atomic E-state index is 0.0472. The van der Waals surface area contributed by atoms with Gasteiger partial charge in [-0.2, -0.15) is 0 Å². The van der Waals surface area contributed by atoms with Gasteiger partial charge < -0.3 is 19.5 Å². The largest absolute Gasteiger partial charge is 0.450 e. The summed E-state index contributed by atoms with van der Waals surface area (Å²) in [6, 6.07) is 1.62. The highest BCUT2D eigenvalue weighted by Gasteiger charge is 2.25. The highest BCUT2D eigenvalue weighted by Crippen LogP contribution is 2.13. The van der Waals surface area contributed by atoms with E-state index in [1.54, 1.807) is 29.5 Å². The summed E-state index contributed by atoms with van der Waals surface area (Å²) < 4.78 is 6.54. The van der Waals surface area contributed by atoms with Crippen LogP contribution >= 0.6 is 0 Å². The van der Waals surface area contributed by atoms with Crippen LogP contribution in [0, 0.1) is 6.92 Å². The number of aryl methyl sites for hydroxylation is 1. The molecule has 0 atom stereocenters. The van der Waals surface area contributed by atoms with E-state index in [1.807, 2.05) is 13.8 Å². The van der Waals surface area contributed by atoms with E-state index in [0.717, 1.165) is 17.7 Å². The van der Waals surface area contributed by atoms with Crippen LogP contribution in [0.5, 0.6) is 0 Å². The van der Waals surface area contributed by atoms with Crippen molar-refractivity contribution in [3.8, 4) is 0 Å². The van der Waals surface area contributed by atoms with Crippen molar-refractivity contribution >= 4 is 12.0 Å². The average Bonchev–Trinajstić information content (AvgIpc) is 2.59. The fourth-order valence-electron chi connectivity index (χ4n) is 3.29. The molecule has 1 N–H and O–H groups in total. The van der Waals surface area contributed by atoms with Crippen molar-refractivity contribution in [1.29, 1.82) is 0 Å². The van der Waals surface area contributed by atoms with Gasteiger partial charge in [-0.1, -0.05) is 6.92 Å². The lowest BCUT2D eigenvalue weighted by Gasteiger charge is -2.31. The van der Waals surface area contributed by atoms with Gasteiger partial charge in [-0.25, -0.2) is 4.79 Å². The van der Waals surface area contributed by atoms with Crippen LogP contribution < -0.4 is 10.9 Å². The molecule has 1 aromatic rings. The van der Waals surface area contributed by atoms with Crippen molar-refractivity contribution < 1.29 is 14.3 Å². The standard InChI is InChI=1S/C18H27N3O4/c1-5-15-12(3)11-14(17(23)20(15)4)16(22)19-13-7-9-21(10-8-13)18(24)25-6-2/h11,13H,5-10H2,1-4H3,(H,19,22). The molecule has 2 rings (SSSR count). The number of hydrogen-bond donors (Lipinski definition) is 1. The molecule has 0 saturated carbocycles. The van der Waals surface area contributed by atoms with E-state index in [2.05, 4.69) is 5.32 Å². The smallest absolute Gasteiger partial charge is 0.409 e. The van der Waals surface area contributed by atoms with Crippen molar-refractivity contribution in [2.24, 2.45) is 7.05 Å². The number of piperidine rings is 1. The number of amides is 2. The van der Waals surface area contributed by atoms with E-state index in [0.29, 0.717) is 32.5 Å². The fourth-order valence-corrected chi connectivity index (χ4v) is 3.29. The monoisotopic (exact) mass is 349 g/mol. The molecule has 7 heteroatoms. The number of carbonyl (C=O) groups is 2. The van der Waals surface area contributed by atoms with Gasteiger partial charge in [0, 0.05) is 31.9 Å². The van der Waals surface area contributed by atoms with Gasteiger partial charge in [0.1, 0.15) is 5.56 Å². The van der Waals surface area contributed by atoms with Gasteiger partial charge in [0.2, 0.25) is 0 Å². The Morgan fingerprint density at radius 3 is 2.48 bits per heavy atom. The van der Waals surface area contributed by atoms with E-state index >= 15 is 0 Å². The van der Waals surface area contributed by atoms with Crippen molar-refractivity contribution in [2.75, 3.05) is 19.7 Å². The quantitative estimate of drug-likeness (QED) is 0.895. The van der Waals surface area contributed by atoms with E-state index in [-0.39, 0.29) is 29.2 Å². The third kappa shape index (κ3) is 4.21. The summed E-state index contributed by atoms with van der Waals surface area (Å²) in [7, 11) is 1.70. The summed E-state index contributed by atoms with van der Waals surface area (Å²) in [6.45, 7) is 7.10. The SMILES string of the molecule is CCOC(=O)N1CCC(NC(=O)c2cc(C)c(CC)n(C)c2=O)CC1. The topological polar surface area (TPSA) is 80.6 Å². The number of rotatable bonds is 4. The van der Waals surface area contributed by atoms with Crippen molar-refractivity contribution in [3.63, 3.8) is 0 Å². The lowest BCUT2D eigenvalue weighted by atomic mass is 10.0. The van der Waals surface area contributed by atoms with Crippen LogP contribution in [0.4, 0.5) is 4.79 Å². The molecular weight excluding hydrogens is 322 g/mol. The van der Waals surface area contributed by atoms with E-state index in [1.165, 1.54) is 0 Å². The van der Waals surface area contributed by atoms with E-state index < -0.39 is 0 Å². The molecule has 0 aliphatic carbocycles. The number of nitrogens with one attached hydrogen (secondary N) is 1. The summed E-state index contributed by atoms with van der Waals surface area (Å²) >= 11 is 0.